The highest BCUT2D eigenvalue weighted by Crippen LogP contribution is 2.33. The minimum Gasteiger partial charge on any atom is -0.348 e. The summed E-state index contributed by atoms with van der Waals surface area (Å²) in [6.07, 6.45) is 6.02. The van der Waals surface area contributed by atoms with Gasteiger partial charge in [0.25, 0.3) is 0 Å². The van der Waals surface area contributed by atoms with Gasteiger partial charge in [0.2, 0.25) is 0 Å². The van der Waals surface area contributed by atoms with Gasteiger partial charge in [0.05, 0.1) is 26.8 Å². The van der Waals surface area contributed by atoms with Crippen molar-refractivity contribution < 1.29 is 4.39 Å². The molecule has 2 aromatic carbocycles. The van der Waals surface area contributed by atoms with Crippen molar-refractivity contribution in [3.63, 3.8) is 0 Å². The van der Waals surface area contributed by atoms with Crippen LogP contribution in [0.2, 0.25) is 10.0 Å². The zero-order chi connectivity index (χ0) is 25.4. The quantitative estimate of drug-likeness (QED) is 0.257. The molecular weight excluding hydrogens is 482 g/mol. The molecule has 0 aliphatic heterocycles. The van der Waals surface area contributed by atoms with Crippen LogP contribution in [0.3, 0.4) is 0 Å². The maximum Gasteiger partial charge on any atom is 0.144 e. The molecular formula is C28H33Cl2FN4. The lowest BCUT2D eigenvalue weighted by atomic mass is 10.0. The molecule has 4 nitrogen and oxygen atoms in total. The van der Waals surface area contributed by atoms with Crippen LogP contribution in [0, 0.1) is 11.7 Å². The van der Waals surface area contributed by atoms with Gasteiger partial charge in [-0.25, -0.2) is 9.37 Å². The summed E-state index contributed by atoms with van der Waals surface area (Å²) in [6.45, 7) is 12.0. The second-order valence-corrected chi connectivity index (χ2v) is 9.67. The number of aromatic nitrogens is 2. The van der Waals surface area contributed by atoms with Gasteiger partial charge in [-0.2, -0.15) is 0 Å². The highest BCUT2D eigenvalue weighted by molar-refractivity contribution is 6.39. The number of imidazole rings is 1. The number of unbranched alkanes of at least 4 members (excludes halogenated alkanes) is 1. The van der Waals surface area contributed by atoms with Crippen molar-refractivity contribution in [1.29, 1.82) is 0 Å². The smallest absolute Gasteiger partial charge is 0.144 e. The molecule has 1 unspecified atom stereocenters. The van der Waals surface area contributed by atoms with Crippen molar-refractivity contribution in [1.82, 2.24) is 14.9 Å². The molecule has 186 valence electrons. The Morgan fingerprint density at radius 2 is 1.89 bits per heavy atom. The summed E-state index contributed by atoms with van der Waals surface area (Å²) in [5.74, 6) is 1.70. The summed E-state index contributed by atoms with van der Waals surface area (Å²) in [6, 6.07) is 12.0. The van der Waals surface area contributed by atoms with Gasteiger partial charge in [0, 0.05) is 19.3 Å². The predicted molar refractivity (Wildman–Crippen MR) is 147 cm³/mol. The molecule has 0 saturated carbocycles. The molecule has 1 atom stereocenters. The van der Waals surface area contributed by atoms with Gasteiger partial charge in [0.15, 0.2) is 0 Å². The molecule has 1 heterocycles. The first-order valence-electron chi connectivity index (χ1n) is 12.0. The Balaban J connectivity index is 1.85. The van der Waals surface area contributed by atoms with Crippen LogP contribution >= 0.6 is 23.2 Å². The first-order chi connectivity index (χ1) is 16.8. The largest absolute Gasteiger partial charge is 0.348 e. The van der Waals surface area contributed by atoms with Gasteiger partial charge in [-0.1, -0.05) is 74.7 Å². The van der Waals surface area contributed by atoms with Crippen LogP contribution in [0.5, 0.6) is 0 Å². The van der Waals surface area contributed by atoms with E-state index in [2.05, 4.69) is 35.3 Å². The molecule has 0 radical (unpaired) electrons. The van der Waals surface area contributed by atoms with Gasteiger partial charge in [-0.05, 0) is 55.5 Å². The normalized spacial score (nSPS) is 13.3. The zero-order valence-electron chi connectivity index (χ0n) is 20.6. The lowest BCUT2D eigenvalue weighted by Gasteiger charge is -2.15. The number of hydrogen-bond donors (Lipinski definition) is 1. The zero-order valence-corrected chi connectivity index (χ0v) is 22.1. The highest BCUT2D eigenvalue weighted by Gasteiger charge is 2.17. The van der Waals surface area contributed by atoms with Crippen molar-refractivity contribution in [2.45, 2.75) is 53.0 Å². The number of nitrogens with zero attached hydrogens (tertiary/aromatic N) is 3. The highest BCUT2D eigenvalue weighted by atomic mass is 35.5. The molecule has 0 saturated heterocycles. The van der Waals surface area contributed by atoms with Crippen LogP contribution < -0.4 is 16.0 Å². The third kappa shape index (κ3) is 7.42. The molecule has 35 heavy (non-hydrogen) atoms. The van der Waals surface area contributed by atoms with Gasteiger partial charge in [0.1, 0.15) is 17.0 Å². The predicted octanol–water partition coefficient (Wildman–Crippen LogP) is 6.22. The standard InChI is InChI=1S/C28H33Cl2FN4/c1-5-6-8-19(2)18-35-20(3)26(34-28(35)27-24(29)9-7-10-25(27)30)17-33-21(4)32-16-15-22-11-13-23(31)14-12-22/h7,9-14,17,19H,3,5-6,8,15-16,18H2,1-2,4H3,(H,32,33)/b26-17+. The topological polar surface area (TPSA) is 42.2 Å². The van der Waals surface area contributed by atoms with Crippen molar-refractivity contribution in [3.05, 3.63) is 74.6 Å². The second kappa shape index (κ2) is 12.9. The van der Waals surface area contributed by atoms with E-state index in [1.165, 1.54) is 18.6 Å². The number of benzene rings is 2. The molecule has 3 aromatic rings. The van der Waals surface area contributed by atoms with E-state index in [-0.39, 0.29) is 5.82 Å². The van der Waals surface area contributed by atoms with Crippen LogP contribution in [-0.4, -0.2) is 21.9 Å². The third-order valence-electron chi connectivity index (χ3n) is 5.92. The van der Waals surface area contributed by atoms with Crippen molar-refractivity contribution >= 4 is 41.8 Å². The van der Waals surface area contributed by atoms with Crippen molar-refractivity contribution in [2.75, 3.05) is 6.54 Å². The monoisotopic (exact) mass is 514 g/mol. The number of hydrogen-bond acceptors (Lipinski definition) is 2. The fourth-order valence-corrected chi connectivity index (χ4v) is 4.46. The SMILES string of the molecule is C=c1/c(=C\NC(C)=NCCc2ccc(F)cc2)nc(-c2c(Cl)cccc2Cl)n1CC(C)CCCC. The molecule has 3 rings (SSSR count). The maximum atomic E-state index is 13.1. The van der Waals surface area contributed by atoms with E-state index >= 15 is 0 Å². The van der Waals surface area contributed by atoms with Gasteiger partial charge < -0.3 is 9.88 Å². The number of halogens is 3. The molecule has 0 aliphatic carbocycles. The van der Waals surface area contributed by atoms with Crippen LogP contribution in [0.25, 0.3) is 24.2 Å². The summed E-state index contributed by atoms with van der Waals surface area (Å²) >= 11 is 13.1. The fourth-order valence-electron chi connectivity index (χ4n) is 3.90. The van der Waals surface area contributed by atoms with E-state index < -0.39 is 0 Å². The summed E-state index contributed by atoms with van der Waals surface area (Å²) in [4.78, 5) is 9.43. The Morgan fingerprint density at radius 3 is 2.54 bits per heavy atom. The number of amidine groups is 1. The minimum absolute atomic E-state index is 0.231. The van der Waals surface area contributed by atoms with Gasteiger partial charge >= 0.3 is 0 Å². The van der Waals surface area contributed by atoms with Crippen LogP contribution in [0.1, 0.15) is 45.6 Å². The molecule has 7 heteroatoms. The van der Waals surface area contributed by atoms with Crippen LogP contribution in [-0.2, 0) is 13.0 Å². The first-order valence-corrected chi connectivity index (χ1v) is 12.8. The van der Waals surface area contributed by atoms with Crippen molar-refractivity contribution in [2.24, 2.45) is 10.9 Å². The number of nitrogens with one attached hydrogen (secondary N) is 1. The maximum absolute atomic E-state index is 13.1. The first kappa shape index (κ1) is 27.0. The third-order valence-corrected chi connectivity index (χ3v) is 6.55. The van der Waals surface area contributed by atoms with Crippen LogP contribution in [0.4, 0.5) is 4.39 Å². The van der Waals surface area contributed by atoms with E-state index in [0.717, 1.165) is 42.6 Å². The molecule has 1 N–H and O–H groups in total. The lowest BCUT2D eigenvalue weighted by molar-refractivity contribution is 0.433. The molecule has 0 fully saturated rings. The number of rotatable bonds is 10. The summed E-state index contributed by atoms with van der Waals surface area (Å²) < 4.78 is 15.2. The Labute approximate surface area is 217 Å². The number of aliphatic imine (C=N–C) groups is 1. The van der Waals surface area contributed by atoms with Gasteiger partial charge in [-0.3, -0.25) is 4.99 Å². The Hall–Kier alpha value is -2.63. The van der Waals surface area contributed by atoms with E-state index in [1.54, 1.807) is 12.1 Å². The molecule has 0 aliphatic rings. The second-order valence-electron chi connectivity index (χ2n) is 8.85. The van der Waals surface area contributed by atoms with E-state index in [1.807, 2.05) is 31.3 Å². The average molecular weight is 516 g/mol. The minimum atomic E-state index is -0.231. The molecule has 0 amide bonds. The molecule has 0 bridgehead atoms. The van der Waals surface area contributed by atoms with E-state index in [4.69, 9.17) is 28.2 Å². The Morgan fingerprint density at radius 1 is 1.20 bits per heavy atom. The van der Waals surface area contributed by atoms with E-state index in [0.29, 0.717) is 39.2 Å². The van der Waals surface area contributed by atoms with E-state index in [9.17, 15) is 4.39 Å². The summed E-state index contributed by atoms with van der Waals surface area (Å²) in [5, 5.41) is 5.86. The van der Waals surface area contributed by atoms with Gasteiger partial charge in [-0.15, -0.1) is 0 Å². The lowest BCUT2D eigenvalue weighted by Crippen LogP contribution is -2.32. The van der Waals surface area contributed by atoms with Crippen molar-refractivity contribution in [3.8, 4) is 11.4 Å². The molecule has 0 spiro atoms. The summed E-state index contributed by atoms with van der Waals surface area (Å²) in [5.41, 5.74) is 1.76. The Kier molecular flexibility index (Phi) is 9.93. The average Bonchev–Trinajstić information content (AvgIpc) is 3.12. The fraction of sp³-hybridized carbons (Fsp3) is 0.357. The molecule has 1 aromatic heterocycles. The Bertz CT molecular complexity index is 1250. The summed E-state index contributed by atoms with van der Waals surface area (Å²) in [7, 11) is 0. The van der Waals surface area contributed by atoms with Crippen LogP contribution in [0.15, 0.2) is 47.5 Å².